The van der Waals surface area contributed by atoms with Gasteiger partial charge in [-0.1, -0.05) is 36.4 Å². The van der Waals surface area contributed by atoms with Crippen LogP contribution in [0, 0.1) is 0 Å². The van der Waals surface area contributed by atoms with Crippen LogP contribution in [0.1, 0.15) is 0 Å². The van der Waals surface area contributed by atoms with E-state index >= 15 is 0 Å². The van der Waals surface area contributed by atoms with Crippen LogP contribution in [-0.4, -0.2) is 34.9 Å². The molecule has 3 nitrogen and oxygen atoms in total. The summed E-state index contributed by atoms with van der Waals surface area (Å²) in [4.78, 5) is 24.0. The quantitative estimate of drug-likeness (QED) is 0.496. The molecule has 0 atom stereocenters. The number of carbonyl (C=O) groups is 3. The Morgan fingerprint density at radius 3 is 0.522 bits per heavy atom. The number of benzene rings is 1. The number of hydrogen-bond donors (Lipinski definition) is 0. The van der Waals surface area contributed by atoms with E-state index in [0.29, 0.717) is 0 Å². The van der Waals surface area contributed by atoms with E-state index in [4.69, 9.17) is 14.4 Å². The molecule has 0 spiro atoms. The van der Waals surface area contributed by atoms with Gasteiger partial charge in [0.1, 0.15) is 20.4 Å². The first-order chi connectivity index (χ1) is 10.0. The normalized spacial score (nSPS) is 7.83. The fourth-order valence-electron chi connectivity index (χ4n) is 0.385. The molecule has 0 saturated carbocycles. The monoisotopic (exact) mass is 397 g/mol. The first-order valence-electron chi connectivity index (χ1n) is 4.61. The summed E-state index contributed by atoms with van der Waals surface area (Å²) in [5.41, 5.74) is 0. The van der Waals surface area contributed by atoms with Crippen molar-refractivity contribution in [2.45, 2.75) is 0 Å². The molecule has 1 aromatic rings. The molecule has 135 valence electrons. The van der Waals surface area contributed by atoms with Crippen LogP contribution in [0.4, 0.5) is 34.5 Å². The SMILES string of the molecule is C=O.C=O.C=O.F[B-](F)(F)F.F[B-](F)(F)F.[Mn+2].c1ccccc1. The van der Waals surface area contributed by atoms with E-state index < -0.39 is 14.5 Å². The molecule has 1 radical (unpaired) electrons. The van der Waals surface area contributed by atoms with E-state index in [9.17, 15) is 34.5 Å². The molecule has 0 unspecified atom stereocenters. The van der Waals surface area contributed by atoms with Gasteiger partial charge in [-0.2, -0.15) is 0 Å². The summed E-state index contributed by atoms with van der Waals surface area (Å²) >= 11 is 0. The van der Waals surface area contributed by atoms with E-state index in [-0.39, 0.29) is 17.1 Å². The number of hydrogen-bond acceptors (Lipinski definition) is 3. The zero-order valence-corrected chi connectivity index (χ0v) is 12.5. The molecule has 0 N–H and O–H groups in total. The van der Waals surface area contributed by atoms with Crippen LogP contribution < -0.4 is 0 Å². The number of halogens is 8. The van der Waals surface area contributed by atoms with Crippen molar-refractivity contribution in [2.24, 2.45) is 0 Å². The molecule has 0 amide bonds. The third kappa shape index (κ3) is 366. The van der Waals surface area contributed by atoms with Gasteiger partial charge in [0.05, 0.1) is 0 Å². The molecule has 0 aliphatic heterocycles. The number of carbonyl (C=O) groups excluding carboxylic acids is 3. The van der Waals surface area contributed by atoms with Crippen molar-refractivity contribution in [3.63, 3.8) is 0 Å². The van der Waals surface area contributed by atoms with Gasteiger partial charge in [-0.25, -0.2) is 0 Å². The molecule has 14 heteroatoms. The predicted octanol–water partition coefficient (Wildman–Crippen LogP) is 3.73. The molecule has 0 aromatic heterocycles. The second-order valence-corrected chi connectivity index (χ2v) is 2.14. The summed E-state index contributed by atoms with van der Waals surface area (Å²) in [6.45, 7) is 6.00. The van der Waals surface area contributed by atoms with E-state index in [1.165, 1.54) is 0 Å². The van der Waals surface area contributed by atoms with Crippen molar-refractivity contribution in [3.8, 4) is 0 Å². The van der Waals surface area contributed by atoms with E-state index in [2.05, 4.69) is 0 Å². The largest absolute Gasteiger partial charge is 2.00 e. The van der Waals surface area contributed by atoms with Gasteiger partial charge in [-0.3, -0.25) is 0 Å². The van der Waals surface area contributed by atoms with E-state index in [0.717, 1.165) is 0 Å². The zero-order chi connectivity index (χ0) is 19.2. The summed E-state index contributed by atoms with van der Waals surface area (Å²) in [5, 5.41) is 0. The first kappa shape index (κ1) is 37.5. The fraction of sp³-hybridized carbons (Fsp3) is 0. The van der Waals surface area contributed by atoms with Gasteiger partial charge in [-0.05, 0) is 0 Å². The first-order valence-corrected chi connectivity index (χ1v) is 4.61. The maximum Gasteiger partial charge on any atom is 2.00 e. The smallest absolute Gasteiger partial charge is 0.418 e. The third-order valence-corrected chi connectivity index (χ3v) is 0.667. The topological polar surface area (TPSA) is 51.2 Å². The minimum atomic E-state index is -6.00. The molecule has 0 heterocycles. The Morgan fingerprint density at radius 1 is 0.435 bits per heavy atom. The van der Waals surface area contributed by atoms with Crippen LogP contribution in [-0.2, 0) is 31.5 Å². The molecule has 0 aliphatic rings. The Bertz CT molecular complexity index is 248. The van der Waals surface area contributed by atoms with Crippen molar-refractivity contribution in [1.29, 1.82) is 0 Å². The Kier molecular flexibility index (Phi) is 46.4. The standard InChI is InChI=1S/C6H6.3CH2O.2BF4.Mn/c1-2-4-6-5-3-1;3*1-2;2*2-1(3,4)5;/h1-6H;3*1H2;;;/q;;;;2*-1;+2. The van der Waals surface area contributed by atoms with Crippen molar-refractivity contribution >= 4 is 34.9 Å². The summed E-state index contributed by atoms with van der Waals surface area (Å²) in [6.07, 6.45) is 0. The van der Waals surface area contributed by atoms with Gasteiger partial charge < -0.3 is 48.9 Å². The minimum absolute atomic E-state index is 0. The average Bonchev–Trinajstić information content (AvgIpc) is 2.44. The van der Waals surface area contributed by atoms with Crippen molar-refractivity contribution in [2.75, 3.05) is 0 Å². The second-order valence-electron chi connectivity index (χ2n) is 2.14. The van der Waals surface area contributed by atoms with Crippen LogP contribution in [0.25, 0.3) is 0 Å². The fourth-order valence-corrected chi connectivity index (χ4v) is 0.385. The molecule has 0 aliphatic carbocycles. The van der Waals surface area contributed by atoms with Gasteiger partial charge in [0.25, 0.3) is 0 Å². The van der Waals surface area contributed by atoms with Crippen LogP contribution in [0.5, 0.6) is 0 Å². The number of rotatable bonds is 0. The molecular weight excluding hydrogens is 385 g/mol. The third-order valence-electron chi connectivity index (χ3n) is 0.667. The Labute approximate surface area is 138 Å². The molecule has 1 aromatic carbocycles. The second kappa shape index (κ2) is 28.5. The summed E-state index contributed by atoms with van der Waals surface area (Å²) in [6, 6.07) is 12.0. The molecule has 0 saturated heterocycles. The van der Waals surface area contributed by atoms with E-state index in [1.54, 1.807) is 0 Å². The minimum Gasteiger partial charge on any atom is -0.418 e. The van der Waals surface area contributed by atoms with Crippen molar-refractivity contribution in [3.05, 3.63) is 36.4 Å². The summed E-state index contributed by atoms with van der Waals surface area (Å²) in [7, 11) is -12.0. The maximum absolute atomic E-state index is 9.75. The Morgan fingerprint density at radius 2 is 0.478 bits per heavy atom. The van der Waals surface area contributed by atoms with Gasteiger partial charge >= 0.3 is 31.6 Å². The van der Waals surface area contributed by atoms with Crippen molar-refractivity contribution in [1.82, 2.24) is 0 Å². The van der Waals surface area contributed by atoms with Gasteiger partial charge in [0.15, 0.2) is 0 Å². The van der Waals surface area contributed by atoms with Gasteiger partial charge in [0, 0.05) is 0 Å². The Hall–Kier alpha value is -1.68. The summed E-state index contributed by atoms with van der Waals surface area (Å²) in [5.74, 6) is 0. The van der Waals surface area contributed by atoms with Crippen LogP contribution >= 0.6 is 0 Å². The average molecular weight is 397 g/mol. The predicted molar refractivity (Wildman–Crippen MR) is 68.2 cm³/mol. The van der Waals surface area contributed by atoms with Crippen LogP contribution in [0.15, 0.2) is 36.4 Å². The van der Waals surface area contributed by atoms with Crippen molar-refractivity contribution < 1.29 is 66.0 Å². The van der Waals surface area contributed by atoms with Crippen LogP contribution in [0.2, 0.25) is 0 Å². The molecule has 23 heavy (non-hydrogen) atoms. The maximum atomic E-state index is 9.75. The molecule has 0 fully saturated rings. The molecule has 1 rings (SSSR count). The van der Waals surface area contributed by atoms with Gasteiger partial charge in [0.2, 0.25) is 0 Å². The zero-order valence-electron chi connectivity index (χ0n) is 11.4. The Balaban J connectivity index is -0.0000000400. The van der Waals surface area contributed by atoms with Gasteiger partial charge in [-0.15, -0.1) is 0 Å². The van der Waals surface area contributed by atoms with E-state index in [1.807, 2.05) is 56.8 Å². The molecular formula is C9H12B2F8MnO3. The molecule has 0 bridgehead atoms. The van der Waals surface area contributed by atoms with Crippen LogP contribution in [0.3, 0.4) is 0 Å². The summed E-state index contributed by atoms with van der Waals surface area (Å²) < 4.78 is 78.0.